The minimum atomic E-state index is -0.212. The normalized spacial score (nSPS) is 24.7. The van der Waals surface area contributed by atoms with Gasteiger partial charge in [0.25, 0.3) is 0 Å². The Labute approximate surface area is 139 Å². The van der Waals surface area contributed by atoms with E-state index in [1.54, 1.807) is 19.2 Å². The van der Waals surface area contributed by atoms with E-state index in [1.165, 1.54) is 6.07 Å². The highest BCUT2D eigenvalue weighted by molar-refractivity contribution is 6.32. The molecule has 118 valence electrons. The van der Waals surface area contributed by atoms with Crippen LogP contribution in [-0.2, 0) is 0 Å². The summed E-state index contributed by atoms with van der Waals surface area (Å²) in [5, 5.41) is 4.30. The van der Waals surface area contributed by atoms with Crippen molar-refractivity contribution in [1.82, 2.24) is 0 Å². The first kappa shape index (κ1) is 14.6. The van der Waals surface area contributed by atoms with Gasteiger partial charge in [-0.2, -0.15) is 0 Å². The molecule has 0 spiro atoms. The average molecular weight is 330 g/mol. The number of anilines is 1. The minimum absolute atomic E-state index is 0.0329. The molecule has 0 saturated heterocycles. The molecule has 0 amide bonds. The van der Waals surface area contributed by atoms with Gasteiger partial charge in [-0.1, -0.05) is 35.9 Å². The van der Waals surface area contributed by atoms with E-state index < -0.39 is 0 Å². The van der Waals surface area contributed by atoms with E-state index in [1.807, 2.05) is 18.2 Å². The lowest BCUT2D eigenvalue weighted by atomic mass is 9.77. The number of allylic oxidation sites excluding steroid dienone is 2. The Morgan fingerprint density at radius 3 is 2.91 bits per heavy atom. The molecule has 0 unspecified atom stereocenters. The third-order valence-corrected chi connectivity index (χ3v) is 5.19. The summed E-state index contributed by atoms with van der Waals surface area (Å²) in [5.74, 6) is 1.11. The Hall–Kier alpha value is -2.00. The second-order valence-corrected chi connectivity index (χ2v) is 6.48. The van der Waals surface area contributed by atoms with Crippen LogP contribution in [0.3, 0.4) is 0 Å². The summed E-state index contributed by atoms with van der Waals surface area (Å²) < 4.78 is 19.2. The van der Waals surface area contributed by atoms with Crippen molar-refractivity contribution in [2.75, 3.05) is 12.4 Å². The molecule has 2 aromatic carbocycles. The van der Waals surface area contributed by atoms with Crippen LogP contribution in [0.15, 0.2) is 48.6 Å². The molecular weight excluding hydrogens is 313 g/mol. The van der Waals surface area contributed by atoms with Gasteiger partial charge >= 0.3 is 0 Å². The van der Waals surface area contributed by atoms with Crippen LogP contribution in [0.1, 0.15) is 29.5 Å². The first-order valence-corrected chi connectivity index (χ1v) is 8.12. The highest BCUT2D eigenvalue weighted by Crippen LogP contribution is 2.54. The van der Waals surface area contributed by atoms with E-state index in [2.05, 4.69) is 17.5 Å². The fraction of sp³-hybridized carbons (Fsp3) is 0.263. The lowest BCUT2D eigenvalue weighted by Crippen LogP contribution is -2.29. The zero-order valence-electron chi connectivity index (χ0n) is 12.7. The van der Waals surface area contributed by atoms with Gasteiger partial charge in [0, 0.05) is 16.5 Å². The van der Waals surface area contributed by atoms with Gasteiger partial charge in [-0.05, 0) is 42.2 Å². The van der Waals surface area contributed by atoms with Crippen LogP contribution < -0.4 is 10.1 Å². The largest absolute Gasteiger partial charge is 0.495 e. The van der Waals surface area contributed by atoms with Crippen LogP contribution in [0.5, 0.6) is 5.75 Å². The number of nitrogens with one attached hydrogen (secondary N) is 1. The highest BCUT2D eigenvalue weighted by atomic mass is 35.5. The fourth-order valence-electron chi connectivity index (χ4n) is 3.84. The molecule has 1 heterocycles. The van der Waals surface area contributed by atoms with Crippen molar-refractivity contribution in [2.45, 2.75) is 18.4 Å². The molecule has 0 aromatic heterocycles. The zero-order chi connectivity index (χ0) is 16.0. The summed E-state index contributed by atoms with van der Waals surface area (Å²) in [6, 6.07) is 10.6. The van der Waals surface area contributed by atoms with Crippen molar-refractivity contribution in [3.05, 3.63) is 70.5 Å². The summed E-state index contributed by atoms with van der Waals surface area (Å²) in [6.45, 7) is 0. The van der Waals surface area contributed by atoms with Crippen molar-refractivity contribution >= 4 is 17.3 Å². The monoisotopic (exact) mass is 329 g/mol. The maximum atomic E-state index is 13.7. The zero-order valence-corrected chi connectivity index (χ0v) is 13.5. The quantitative estimate of drug-likeness (QED) is 0.753. The maximum Gasteiger partial charge on any atom is 0.142 e. The first-order valence-electron chi connectivity index (χ1n) is 7.74. The Morgan fingerprint density at radius 1 is 1.26 bits per heavy atom. The lowest BCUT2D eigenvalue weighted by molar-refractivity contribution is 0.397. The van der Waals surface area contributed by atoms with E-state index in [4.69, 9.17) is 16.3 Å². The molecule has 0 saturated carbocycles. The Morgan fingerprint density at radius 2 is 2.13 bits per heavy atom. The van der Waals surface area contributed by atoms with Gasteiger partial charge in [0.15, 0.2) is 0 Å². The van der Waals surface area contributed by atoms with Crippen molar-refractivity contribution in [1.29, 1.82) is 0 Å². The van der Waals surface area contributed by atoms with Gasteiger partial charge in [0.2, 0.25) is 0 Å². The van der Waals surface area contributed by atoms with E-state index in [0.717, 1.165) is 34.0 Å². The Kier molecular flexibility index (Phi) is 3.53. The summed E-state index contributed by atoms with van der Waals surface area (Å²) in [5.41, 5.74) is 2.95. The van der Waals surface area contributed by atoms with E-state index in [0.29, 0.717) is 5.92 Å². The number of halogens is 2. The molecule has 0 fully saturated rings. The predicted molar refractivity (Wildman–Crippen MR) is 90.8 cm³/mol. The van der Waals surface area contributed by atoms with Crippen LogP contribution in [0.4, 0.5) is 10.1 Å². The molecule has 0 radical (unpaired) electrons. The molecule has 2 aromatic rings. The average Bonchev–Trinajstić information content (AvgIpc) is 3.03. The van der Waals surface area contributed by atoms with Gasteiger partial charge in [-0.15, -0.1) is 0 Å². The molecule has 1 aliphatic carbocycles. The second-order valence-electron chi connectivity index (χ2n) is 6.07. The standard InChI is InChI=1S/C19H17ClFNO/c1-23-16-9-8-15(20)17-13-6-3-7-14(13)18(22-19(16)17)11-4-2-5-12(21)10-11/h2-6,8-10,13-14,18,22H,7H2,1H3/t13-,14+,18-/m1/s1. The molecule has 1 aliphatic heterocycles. The number of hydrogen-bond donors (Lipinski definition) is 1. The number of rotatable bonds is 2. The molecule has 3 atom stereocenters. The molecule has 2 nitrogen and oxygen atoms in total. The van der Waals surface area contributed by atoms with E-state index in [-0.39, 0.29) is 17.8 Å². The highest BCUT2D eigenvalue weighted by Gasteiger charge is 2.40. The van der Waals surface area contributed by atoms with Gasteiger partial charge in [-0.25, -0.2) is 4.39 Å². The fourth-order valence-corrected chi connectivity index (χ4v) is 4.12. The van der Waals surface area contributed by atoms with Crippen LogP contribution in [0, 0.1) is 11.7 Å². The van der Waals surface area contributed by atoms with Gasteiger partial charge in [-0.3, -0.25) is 0 Å². The van der Waals surface area contributed by atoms with Crippen molar-refractivity contribution < 1.29 is 9.13 Å². The SMILES string of the molecule is COc1ccc(Cl)c2c1N[C@H](c1cccc(F)c1)[C@H]1CC=C[C@@H]21. The topological polar surface area (TPSA) is 21.3 Å². The lowest BCUT2D eigenvalue weighted by Gasteiger charge is -2.38. The number of methoxy groups -OCH3 is 1. The van der Waals surface area contributed by atoms with Crippen molar-refractivity contribution in [2.24, 2.45) is 5.92 Å². The van der Waals surface area contributed by atoms with E-state index >= 15 is 0 Å². The van der Waals surface area contributed by atoms with Gasteiger partial charge in [0.1, 0.15) is 11.6 Å². The molecule has 2 aliphatic rings. The molecule has 4 heteroatoms. The van der Waals surface area contributed by atoms with Crippen LogP contribution in [-0.4, -0.2) is 7.11 Å². The van der Waals surface area contributed by atoms with Crippen molar-refractivity contribution in [3.63, 3.8) is 0 Å². The number of fused-ring (bicyclic) bond motifs is 3. The molecule has 4 rings (SSSR count). The Balaban J connectivity index is 1.86. The molecular formula is C19H17ClFNO. The van der Waals surface area contributed by atoms with Gasteiger partial charge < -0.3 is 10.1 Å². The number of benzene rings is 2. The van der Waals surface area contributed by atoms with Crippen LogP contribution in [0.25, 0.3) is 0 Å². The minimum Gasteiger partial charge on any atom is -0.495 e. The van der Waals surface area contributed by atoms with Gasteiger partial charge in [0.05, 0.1) is 18.8 Å². The maximum absolute atomic E-state index is 13.7. The third-order valence-electron chi connectivity index (χ3n) is 4.86. The molecule has 0 bridgehead atoms. The van der Waals surface area contributed by atoms with Crippen LogP contribution in [0.2, 0.25) is 5.02 Å². The summed E-state index contributed by atoms with van der Waals surface area (Å²) >= 11 is 6.47. The van der Waals surface area contributed by atoms with Crippen molar-refractivity contribution in [3.8, 4) is 5.75 Å². The third kappa shape index (κ3) is 2.31. The Bertz CT molecular complexity index is 789. The number of ether oxygens (including phenoxy) is 1. The molecule has 23 heavy (non-hydrogen) atoms. The first-order chi connectivity index (χ1) is 11.2. The summed E-state index contributed by atoms with van der Waals surface area (Å²) in [7, 11) is 1.65. The number of hydrogen-bond acceptors (Lipinski definition) is 2. The second kappa shape index (κ2) is 5.57. The molecule has 1 N–H and O–H groups in total. The van der Waals surface area contributed by atoms with Crippen LogP contribution >= 0.6 is 11.6 Å². The summed E-state index contributed by atoms with van der Waals surface area (Å²) in [4.78, 5) is 0. The summed E-state index contributed by atoms with van der Waals surface area (Å²) in [6.07, 6.45) is 5.35. The smallest absolute Gasteiger partial charge is 0.142 e. The predicted octanol–water partition coefficient (Wildman–Crippen LogP) is 5.31. The van der Waals surface area contributed by atoms with E-state index in [9.17, 15) is 4.39 Å².